The standard InChI is InChI=1S/C14H16ClF3N4O2S.ClH/c15-12-7-11(2-1-10(12)8-19)25(23,24)21-9-13(14(16,17)18)22-5-3-20-4-6-22;/h1-2,7,13,20-21H,3-6,9H2;1H. The summed E-state index contributed by atoms with van der Waals surface area (Å²) in [6, 6.07) is 3.23. The van der Waals surface area contributed by atoms with E-state index in [1.165, 1.54) is 11.0 Å². The molecule has 1 saturated heterocycles. The lowest BCUT2D eigenvalue weighted by atomic mass is 10.2. The van der Waals surface area contributed by atoms with Gasteiger partial charge in [0.2, 0.25) is 10.0 Å². The van der Waals surface area contributed by atoms with Gasteiger partial charge in [0.15, 0.2) is 0 Å². The van der Waals surface area contributed by atoms with Crippen molar-refractivity contribution >= 4 is 34.0 Å². The fraction of sp³-hybridized carbons (Fsp3) is 0.500. The molecule has 0 aliphatic carbocycles. The number of alkyl halides is 3. The molecule has 0 saturated carbocycles. The number of nitrogens with one attached hydrogen (secondary N) is 2. The summed E-state index contributed by atoms with van der Waals surface area (Å²) < 4.78 is 66.4. The number of hydrogen-bond donors (Lipinski definition) is 2. The summed E-state index contributed by atoms with van der Waals surface area (Å²) in [5.41, 5.74) is 0.0783. The van der Waals surface area contributed by atoms with E-state index < -0.39 is 28.8 Å². The molecule has 0 radical (unpaired) electrons. The van der Waals surface area contributed by atoms with Gasteiger partial charge in [0.05, 0.1) is 15.5 Å². The molecule has 6 nitrogen and oxygen atoms in total. The molecule has 2 N–H and O–H groups in total. The Bertz CT molecular complexity index is 762. The number of piperazine rings is 1. The lowest BCUT2D eigenvalue weighted by Crippen LogP contribution is -2.57. The van der Waals surface area contributed by atoms with E-state index in [1.807, 2.05) is 4.72 Å². The Morgan fingerprint density at radius 2 is 1.96 bits per heavy atom. The molecule has 1 unspecified atom stereocenters. The average molecular weight is 433 g/mol. The summed E-state index contributed by atoms with van der Waals surface area (Å²) in [5.74, 6) is 0. The second-order valence-electron chi connectivity index (χ2n) is 5.45. The molecule has 0 bridgehead atoms. The fourth-order valence-corrected chi connectivity index (χ4v) is 3.82. The van der Waals surface area contributed by atoms with Crippen LogP contribution in [0.15, 0.2) is 23.1 Å². The van der Waals surface area contributed by atoms with E-state index in [2.05, 4.69) is 5.32 Å². The minimum atomic E-state index is -4.57. The normalized spacial score (nSPS) is 17.2. The van der Waals surface area contributed by atoms with Crippen LogP contribution >= 0.6 is 24.0 Å². The first-order valence-electron chi connectivity index (χ1n) is 7.36. The minimum absolute atomic E-state index is 0. The second kappa shape index (κ2) is 9.21. The molecule has 1 fully saturated rings. The van der Waals surface area contributed by atoms with E-state index in [-0.39, 0.29) is 41.0 Å². The highest BCUT2D eigenvalue weighted by molar-refractivity contribution is 7.89. The molecule has 0 spiro atoms. The summed E-state index contributed by atoms with van der Waals surface area (Å²) in [7, 11) is -4.19. The molecule has 1 aromatic rings. The number of halogens is 5. The quantitative estimate of drug-likeness (QED) is 0.739. The van der Waals surface area contributed by atoms with Gasteiger partial charge < -0.3 is 5.32 Å². The summed E-state index contributed by atoms with van der Waals surface area (Å²) in [6.45, 7) is 0.363. The Labute approximate surface area is 160 Å². The number of rotatable bonds is 5. The number of sulfonamides is 1. The van der Waals surface area contributed by atoms with Gasteiger partial charge in [-0.25, -0.2) is 13.1 Å². The van der Waals surface area contributed by atoms with Crippen molar-refractivity contribution in [3.63, 3.8) is 0 Å². The third kappa shape index (κ3) is 5.70. The predicted octanol–water partition coefficient (Wildman–Crippen LogP) is 1.75. The monoisotopic (exact) mass is 432 g/mol. The summed E-state index contributed by atoms with van der Waals surface area (Å²) in [4.78, 5) is 0.905. The first-order valence-corrected chi connectivity index (χ1v) is 9.22. The molecule has 1 atom stereocenters. The number of benzene rings is 1. The Morgan fingerprint density at radius 3 is 2.46 bits per heavy atom. The van der Waals surface area contributed by atoms with Crippen molar-refractivity contribution in [2.45, 2.75) is 17.1 Å². The maximum Gasteiger partial charge on any atom is 0.405 e. The van der Waals surface area contributed by atoms with Crippen molar-refractivity contribution in [2.75, 3.05) is 32.7 Å². The zero-order valence-electron chi connectivity index (χ0n) is 13.4. The highest BCUT2D eigenvalue weighted by Gasteiger charge is 2.44. The lowest BCUT2D eigenvalue weighted by molar-refractivity contribution is -0.182. The van der Waals surface area contributed by atoms with Crippen molar-refractivity contribution in [2.24, 2.45) is 0 Å². The van der Waals surface area contributed by atoms with E-state index in [9.17, 15) is 21.6 Å². The first-order chi connectivity index (χ1) is 11.6. The molecule has 12 heteroatoms. The number of hydrogen-bond acceptors (Lipinski definition) is 5. The van der Waals surface area contributed by atoms with Crippen LogP contribution in [0.1, 0.15) is 5.56 Å². The van der Waals surface area contributed by atoms with Crippen molar-refractivity contribution in [1.29, 1.82) is 5.26 Å². The average Bonchev–Trinajstić information content (AvgIpc) is 2.54. The van der Waals surface area contributed by atoms with Gasteiger partial charge in [-0.05, 0) is 18.2 Å². The van der Waals surface area contributed by atoms with Crippen LogP contribution in [0.5, 0.6) is 0 Å². The molecule has 146 valence electrons. The van der Waals surface area contributed by atoms with Crippen LogP contribution in [0.4, 0.5) is 13.2 Å². The molecular formula is C14H17Cl2F3N4O2S. The van der Waals surface area contributed by atoms with Gasteiger partial charge in [0.1, 0.15) is 12.1 Å². The van der Waals surface area contributed by atoms with Crippen LogP contribution in [0, 0.1) is 11.3 Å². The molecule has 1 aromatic carbocycles. The van der Waals surface area contributed by atoms with Gasteiger partial charge in [0, 0.05) is 32.7 Å². The van der Waals surface area contributed by atoms with E-state index in [0.29, 0.717) is 13.1 Å². The van der Waals surface area contributed by atoms with E-state index in [0.717, 1.165) is 12.1 Å². The molecule has 0 aromatic heterocycles. The van der Waals surface area contributed by atoms with Crippen LogP contribution in [-0.2, 0) is 10.0 Å². The van der Waals surface area contributed by atoms with Gasteiger partial charge in [-0.15, -0.1) is 12.4 Å². The van der Waals surface area contributed by atoms with Crippen molar-refractivity contribution < 1.29 is 21.6 Å². The van der Waals surface area contributed by atoms with Crippen LogP contribution in [-0.4, -0.2) is 58.3 Å². The Morgan fingerprint density at radius 1 is 1.35 bits per heavy atom. The van der Waals surface area contributed by atoms with E-state index in [1.54, 1.807) is 6.07 Å². The second-order valence-corrected chi connectivity index (χ2v) is 7.62. The topological polar surface area (TPSA) is 85.2 Å². The third-order valence-electron chi connectivity index (χ3n) is 3.81. The molecule has 0 amide bonds. The maximum absolute atomic E-state index is 13.3. The fourth-order valence-electron chi connectivity index (χ4n) is 2.47. The maximum atomic E-state index is 13.3. The minimum Gasteiger partial charge on any atom is -0.314 e. The van der Waals surface area contributed by atoms with Crippen LogP contribution in [0.25, 0.3) is 0 Å². The molecule has 1 heterocycles. The first kappa shape index (κ1) is 23.0. The Kier molecular flexibility index (Phi) is 8.13. The molecule has 1 aliphatic heterocycles. The summed E-state index contributed by atoms with van der Waals surface area (Å²) in [5, 5.41) is 11.7. The summed E-state index contributed by atoms with van der Waals surface area (Å²) in [6.07, 6.45) is -4.57. The molecule has 1 aliphatic rings. The van der Waals surface area contributed by atoms with Gasteiger partial charge >= 0.3 is 6.18 Å². The largest absolute Gasteiger partial charge is 0.405 e. The Hall–Kier alpha value is -1.09. The zero-order valence-corrected chi connectivity index (χ0v) is 15.8. The highest BCUT2D eigenvalue weighted by Crippen LogP contribution is 2.26. The smallest absolute Gasteiger partial charge is 0.314 e. The summed E-state index contributed by atoms with van der Waals surface area (Å²) >= 11 is 5.78. The predicted molar refractivity (Wildman–Crippen MR) is 92.9 cm³/mol. The van der Waals surface area contributed by atoms with Crippen molar-refractivity contribution in [3.05, 3.63) is 28.8 Å². The van der Waals surface area contributed by atoms with Gasteiger partial charge in [-0.3, -0.25) is 4.90 Å². The van der Waals surface area contributed by atoms with Crippen LogP contribution in [0.3, 0.4) is 0 Å². The lowest BCUT2D eigenvalue weighted by Gasteiger charge is -2.35. The molecule has 26 heavy (non-hydrogen) atoms. The molecular weight excluding hydrogens is 416 g/mol. The molecule has 2 rings (SSSR count). The van der Waals surface area contributed by atoms with Crippen molar-refractivity contribution in [3.8, 4) is 6.07 Å². The highest BCUT2D eigenvalue weighted by atomic mass is 35.5. The van der Waals surface area contributed by atoms with Crippen LogP contribution < -0.4 is 10.0 Å². The van der Waals surface area contributed by atoms with Crippen LogP contribution in [0.2, 0.25) is 5.02 Å². The number of nitriles is 1. The third-order valence-corrected chi connectivity index (χ3v) is 5.54. The van der Waals surface area contributed by atoms with Gasteiger partial charge in [0.25, 0.3) is 0 Å². The number of nitrogens with zero attached hydrogens (tertiary/aromatic N) is 2. The van der Waals surface area contributed by atoms with E-state index >= 15 is 0 Å². The van der Waals surface area contributed by atoms with Gasteiger partial charge in [-0.1, -0.05) is 11.6 Å². The van der Waals surface area contributed by atoms with E-state index in [4.69, 9.17) is 16.9 Å². The zero-order chi connectivity index (χ0) is 18.7. The van der Waals surface area contributed by atoms with Crippen molar-refractivity contribution in [1.82, 2.24) is 14.9 Å². The SMILES string of the molecule is Cl.N#Cc1ccc(S(=O)(=O)NCC(N2CCNCC2)C(F)(F)F)cc1Cl. The van der Waals surface area contributed by atoms with Gasteiger partial charge in [-0.2, -0.15) is 18.4 Å². The Balaban J connectivity index is 0.00000338.